The van der Waals surface area contributed by atoms with Crippen LogP contribution in [0.2, 0.25) is 0 Å². The van der Waals surface area contributed by atoms with Crippen LogP contribution in [-0.2, 0) is 32.1 Å². The zero-order valence-electron chi connectivity index (χ0n) is 37.1. The number of rotatable bonds is 10. The van der Waals surface area contributed by atoms with Gasteiger partial charge in [0.2, 0.25) is 5.91 Å². The van der Waals surface area contributed by atoms with Crippen LogP contribution in [0.4, 0.5) is 15.3 Å². The Bertz CT molecular complexity index is 2660. The van der Waals surface area contributed by atoms with Crippen molar-refractivity contribution in [3.8, 4) is 28.1 Å². The molecule has 5 heterocycles. The van der Waals surface area contributed by atoms with Gasteiger partial charge in [0.15, 0.2) is 0 Å². The van der Waals surface area contributed by atoms with E-state index in [4.69, 9.17) is 24.2 Å². The largest absolute Gasteiger partial charge is 0.488 e. The summed E-state index contributed by atoms with van der Waals surface area (Å²) < 4.78 is 16.2. The highest BCUT2D eigenvalue weighted by Crippen LogP contribution is 2.45. The molecule has 14 heteroatoms. The van der Waals surface area contributed by atoms with Crippen LogP contribution < -0.4 is 15.4 Å². The van der Waals surface area contributed by atoms with E-state index >= 15 is 0 Å². The highest BCUT2D eigenvalue weighted by molar-refractivity contribution is 6.07. The van der Waals surface area contributed by atoms with Gasteiger partial charge >= 0.3 is 12.2 Å². The third-order valence-electron chi connectivity index (χ3n) is 13.6. The van der Waals surface area contributed by atoms with Gasteiger partial charge in [-0.2, -0.15) is 0 Å². The number of aromatic nitrogens is 2. The average Bonchev–Trinajstić information content (AvgIpc) is 4.14. The van der Waals surface area contributed by atoms with Gasteiger partial charge < -0.3 is 39.6 Å². The topological polar surface area (TPSA) is 168 Å². The third-order valence-corrected chi connectivity index (χ3v) is 13.6. The fourth-order valence-electron chi connectivity index (χ4n) is 10.2. The van der Waals surface area contributed by atoms with E-state index in [2.05, 4.69) is 65.0 Å². The molecule has 2 fully saturated rings. The number of methoxy groups -OCH3 is 2. The maximum atomic E-state index is 14.5. The van der Waals surface area contributed by atoms with Crippen molar-refractivity contribution in [1.29, 1.82) is 0 Å². The molecule has 3 N–H and O–H groups in total. The molecule has 0 saturated carbocycles. The zero-order valence-corrected chi connectivity index (χ0v) is 37.1. The molecule has 4 aliphatic rings. The molecule has 6 atom stereocenters. The summed E-state index contributed by atoms with van der Waals surface area (Å²) in [5.41, 5.74) is 8.64. The van der Waals surface area contributed by atoms with Crippen molar-refractivity contribution in [2.75, 3.05) is 14.2 Å². The number of aromatic amines is 1. The zero-order chi connectivity index (χ0) is 44.8. The number of ether oxygens (including phenoxy) is 3. The fourth-order valence-corrected chi connectivity index (χ4v) is 10.2. The van der Waals surface area contributed by atoms with Crippen LogP contribution in [0.1, 0.15) is 94.4 Å². The number of likely N-dealkylation sites (tertiary alicyclic amines) is 2. The fraction of sp³-hybridized carbons (Fsp3) is 0.400. The Morgan fingerprint density at radius 1 is 0.859 bits per heavy atom. The molecule has 0 unspecified atom stereocenters. The van der Waals surface area contributed by atoms with Gasteiger partial charge in [-0.25, -0.2) is 14.6 Å². The summed E-state index contributed by atoms with van der Waals surface area (Å²) in [7, 11) is 2.60. The standard InChI is InChI=1S/C50H55N7O7/c1-7-33-16-20-41(57(33)48(59)45(55-50(61)63-6)29-11-9-8-10-12-29)39-23-36-35-24-43-37(22-30(35)15-18-38(36)52-39)34-17-14-31(21-32(34)26-64-43)40-25-51-46(53-40)42-19-13-28(4)56(42)47(58)44(27(2)3)54-49(60)62-5/h8-12,14-15,17-18,21-22,24-25,27-28,33,41-42,44-45H,7,13,16,19-20,23,26H2,1-6H3,(H,51,53)(H,54,60)(H,55,61)/t28-,33-,41-,42-,44-,45+/m0/s1. The second-order valence-electron chi connectivity index (χ2n) is 17.7. The molecule has 4 aliphatic heterocycles. The van der Waals surface area contributed by atoms with Gasteiger partial charge in [0.05, 0.1) is 43.9 Å². The summed E-state index contributed by atoms with van der Waals surface area (Å²) >= 11 is 0. The normalized spacial score (nSPS) is 20.8. The molecule has 2 saturated heterocycles. The lowest BCUT2D eigenvalue weighted by molar-refractivity contribution is -0.137. The smallest absolute Gasteiger partial charge is 0.407 e. The summed E-state index contributed by atoms with van der Waals surface area (Å²) in [5, 5.41) is 7.69. The minimum Gasteiger partial charge on any atom is -0.488 e. The van der Waals surface area contributed by atoms with Crippen LogP contribution in [0.3, 0.4) is 0 Å². The van der Waals surface area contributed by atoms with E-state index in [0.29, 0.717) is 24.4 Å². The van der Waals surface area contributed by atoms with Gasteiger partial charge in [0, 0.05) is 29.8 Å². The predicted molar refractivity (Wildman–Crippen MR) is 243 cm³/mol. The Morgan fingerprint density at radius 3 is 2.38 bits per heavy atom. The Labute approximate surface area is 372 Å². The van der Waals surface area contributed by atoms with E-state index in [9.17, 15) is 19.2 Å². The molecule has 9 rings (SSSR count). The highest BCUT2D eigenvalue weighted by atomic mass is 16.5. The van der Waals surface area contributed by atoms with Gasteiger partial charge in [-0.15, -0.1) is 0 Å². The van der Waals surface area contributed by atoms with Gasteiger partial charge in [-0.3, -0.25) is 14.6 Å². The highest BCUT2D eigenvalue weighted by Gasteiger charge is 2.44. The lowest BCUT2D eigenvalue weighted by atomic mass is 9.90. The Kier molecular flexibility index (Phi) is 11.6. The first kappa shape index (κ1) is 42.6. The minimum absolute atomic E-state index is 0.0145. The van der Waals surface area contributed by atoms with Crippen LogP contribution in [0.25, 0.3) is 33.2 Å². The van der Waals surface area contributed by atoms with Gasteiger partial charge in [-0.1, -0.05) is 69.3 Å². The van der Waals surface area contributed by atoms with Crippen LogP contribution in [0.15, 0.2) is 84.0 Å². The second kappa shape index (κ2) is 17.5. The molecule has 4 aromatic carbocycles. The number of imidazole rings is 1. The quantitative estimate of drug-likeness (QED) is 0.125. The minimum atomic E-state index is -0.890. The molecule has 332 valence electrons. The molecule has 0 aliphatic carbocycles. The number of benzene rings is 4. The Morgan fingerprint density at radius 2 is 1.62 bits per heavy atom. The first-order valence-corrected chi connectivity index (χ1v) is 22.3. The number of fused-ring (bicyclic) bond motifs is 6. The monoisotopic (exact) mass is 865 g/mol. The van der Waals surface area contributed by atoms with Crippen LogP contribution >= 0.6 is 0 Å². The molecule has 14 nitrogen and oxygen atoms in total. The van der Waals surface area contributed by atoms with Crippen LogP contribution in [0, 0.1) is 5.92 Å². The number of alkyl carbamates (subject to hydrolysis) is 2. The summed E-state index contributed by atoms with van der Waals surface area (Å²) in [6, 6.07) is 22.1. The predicted octanol–water partition coefficient (Wildman–Crippen LogP) is 8.72. The first-order chi connectivity index (χ1) is 31.0. The van der Waals surface area contributed by atoms with Crippen molar-refractivity contribution in [2.45, 2.75) is 109 Å². The molecule has 1 aromatic heterocycles. The number of hydrogen-bond donors (Lipinski definition) is 3. The van der Waals surface area contributed by atoms with Crippen molar-refractivity contribution in [2.24, 2.45) is 10.9 Å². The molecular formula is C50H55N7O7. The van der Waals surface area contributed by atoms with E-state index < -0.39 is 24.3 Å². The second-order valence-corrected chi connectivity index (χ2v) is 17.7. The van der Waals surface area contributed by atoms with Gasteiger partial charge in [0.1, 0.15) is 30.3 Å². The maximum absolute atomic E-state index is 14.5. The van der Waals surface area contributed by atoms with Crippen molar-refractivity contribution in [1.82, 2.24) is 30.4 Å². The molecule has 0 radical (unpaired) electrons. The number of nitrogens with one attached hydrogen (secondary N) is 3. The SMILES string of the molecule is CC[C@H]1CC[C@@H](C2=Nc3ccc4cc5c(cc4c3C2)OCc2cc(-c3cnc([C@@H]4CC[C@H](C)N4C(=O)[C@@H](NC(=O)OC)C(C)C)[nH]3)ccc2-5)N1C(=O)[C@H](NC(=O)OC)c1ccccc1. The van der Waals surface area contributed by atoms with E-state index in [0.717, 1.165) is 93.5 Å². The molecule has 4 amide bonds. The van der Waals surface area contributed by atoms with Gasteiger partial charge in [-0.05, 0) is 108 Å². The first-order valence-electron chi connectivity index (χ1n) is 22.3. The number of H-pyrrole nitrogens is 1. The van der Waals surface area contributed by atoms with E-state index in [1.54, 1.807) is 0 Å². The van der Waals surface area contributed by atoms with E-state index in [1.165, 1.54) is 14.2 Å². The van der Waals surface area contributed by atoms with Crippen molar-refractivity contribution in [3.63, 3.8) is 0 Å². The average molecular weight is 866 g/mol. The summed E-state index contributed by atoms with van der Waals surface area (Å²) in [5.74, 6) is 1.08. The van der Waals surface area contributed by atoms with Gasteiger partial charge in [0.25, 0.3) is 5.91 Å². The maximum Gasteiger partial charge on any atom is 0.407 e. The Balaban J connectivity index is 0.947. The molecular weight excluding hydrogens is 811 g/mol. The summed E-state index contributed by atoms with van der Waals surface area (Å²) in [6.45, 7) is 8.34. The summed E-state index contributed by atoms with van der Waals surface area (Å²) in [6.07, 6.45) is 5.15. The van der Waals surface area contributed by atoms with Crippen molar-refractivity contribution < 1.29 is 33.4 Å². The number of amides is 4. The third kappa shape index (κ3) is 7.72. The number of hydrogen-bond acceptors (Lipinski definition) is 9. The van der Waals surface area contributed by atoms with Crippen LogP contribution in [0.5, 0.6) is 5.75 Å². The number of aliphatic imine (C=N–C) groups is 1. The lowest BCUT2D eigenvalue weighted by Crippen LogP contribution is -2.52. The molecule has 0 spiro atoms. The molecule has 5 aromatic rings. The number of carbonyl (C=O) groups excluding carboxylic acids is 4. The Hall–Kier alpha value is -6.70. The van der Waals surface area contributed by atoms with E-state index in [1.807, 2.05) is 67.1 Å². The number of carbonyl (C=O) groups is 4. The van der Waals surface area contributed by atoms with Crippen molar-refractivity contribution >= 4 is 46.2 Å². The molecule has 64 heavy (non-hydrogen) atoms. The number of nitrogens with zero attached hydrogens (tertiary/aromatic N) is 4. The van der Waals surface area contributed by atoms with Crippen molar-refractivity contribution in [3.05, 3.63) is 102 Å². The summed E-state index contributed by atoms with van der Waals surface area (Å²) in [4.78, 5) is 70.3. The van der Waals surface area contributed by atoms with E-state index in [-0.39, 0.29) is 41.9 Å². The lowest BCUT2D eigenvalue weighted by Gasteiger charge is -2.33. The molecule has 0 bridgehead atoms. The van der Waals surface area contributed by atoms with Crippen LogP contribution in [-0.4, -0.2) is 87.9 Å².